The molecule has 0 unspecified atom stereocenters. The molecule has 2 aromatic rings. The minimum atomic E-state index is -0.340. The number of hydrogen-bond donors (Lipinski definition) is 1. The third-order valence-electron chi connectivity index (χ3n) is 4.18. The van der Waals surface area contributed by atoms with Crippen molar-refractivity contribution in [2.75, 3.05) is 23.3 Å². The summed E-state index contributed by atoms with van der Waals surface area (Å²) in [5.74, 6) is -0.614. The molecule has 1 heterocycles. The van der Waals surface area contributed by atoms with E-state index in [2.05, 4.69) is 10.2 Å². The molecule has 0 saturated carbocycles. The van der Waals surface area contributed by atoms with Crippen molar-refractivity contribution >= 4 is 23.4 Å². The molecule has 24 heavy (non-hydrogen) atoms. The van der Waals surface area contributed by atoms with Gasteiger partial charge in [0.2, 0.25) is 5.91 Å². The lowest BCUT2D eigenvalue weighted by Crippen LogP contribution is -2.29. The molecule has 4 heteroatoms. The summed E-state index contributed by atoms with van der Waals surface area (Å²) < 4.78 is 13.5. The quantitative estimate of drug-likeness (QED) is 0.842. The number of anilines is 2. The first-order chi connectivity index (χ1) is 11.7. The first-order valence-electron chi connectivity index (χ1n) is 8.31. The van der Waals surface area contributed by atoms with Gasteiger partial charge in [0.15, 0.2) is 0 Å². The number of amides is 1. The highest BCUT2D eigenvalue weighted by Crippen LogP contribution is 2.21. The first-order valence-corrected chi connectivity index (χ1v) is 8.31. The lowest BCUT2D eigenvalue weighted by molar-refractivity contribution is -0.111. The Morgan fingerprint density at radius 3 is 2.42 bits per heavy atom. The van der Waals surface area contributed by atoms with Gasteiger partial charge < -0.3 is 10.2 Å². The number of benzene rings is 2. The second-order valence-electron chi connectivity index (χ2n) is 5.94. The molecule has 124 valence electrons. The fourth-order valence-electron chi connectivity index (χ4n) is 2.87. The van der Waals surface area contributed by atoms with E-state index in [1.54, 1.807) is 18.2 Å². The minimum Gasteiger partial charge on any atom is -0.372 e. The predicted octanol–water partition coefficient (Wildman–Crippen LogP) is 4.47. The van der Waals surface area contributed by atoms with Crippen LogP contribution in [-0.2, 0) is 4.79 Å². The summed E-state index contributed by atoms with van der Waals surface area (Å²) in [5.41, 5.74) is 2.32. The number of rotatable bonds is 4. The summed E-state index contributed by atoms with van der Waals surface area (Å²) in [6.07, 6.45) is 6.60. The number of hydrogen-bond acceptors (Lipinski definition) is 2. The molecule has 0 aromatic heterocycles. The Bertz CT molecular complexity index is 719. The average Bonchev–Trinajstić information content (AvgIpc) is 2.62. The molecule has 0 aliphatic carbocycles. The molecule has 1 amide bonds. The molecule has 0 spiro atoms. The van der Waals surface area contributed by atoms with Gasteiger partial charge in [-0.05, 0) is 55.7 Å². The molecule has 0 radical (unpaired) electrons. The van der Waals surface area contributed by atoms with Gasteiger partial charge in [0, 0.05) is 36.1 Å². The molecule has 0 atom stereocenters. The first kappa shape index (κ1) is 16.2. The van der Waals surface area contributed by atoms with E-state index in [0.29, 0.717) is 5.56 Å². The van der Waals surface area contributed by atoms with Crippen LogP contribution in [0.3, 0.4) is 0 Å². The largest absolute Gasteiger partial charge is 0.372 e. The van der Waals surface area contributed by atoms with Crippen LogP contribution >= 0.6 is 0 Å². The van der Waals surface area contributed by atoms with Crippen LogP contribution < -0.4 is 10.2 Å². The van der Waals surface area contributed by atoms with Gasteiger partial charge >= 0.3 is 0 Å². The molecule has 3 nitrogen and oxygen atoms in total. The van der Waals surface area contributed by atoms with Crippen LogP contribution in [0.1, 0.15) is 24.8 Å². The van der Waals surface area contributed by atoms with E-state index >= 15 is 0 Å². The second-order valence-corrected chi connectivity index (χ2v) is 5.94. The smallest absolute Gasteiger partial charge is 0.248 e. The van der Waals surface area contributed by atoms with Gasteiger partial charge in [0.1, 0.15) is 5.82 Å². The summed E-state index contributed by atoms with van der Waals surface area (Å²) in [6, 6.07) is 14.2. The van der Waals surface area contributed by atoms with Crippen molar-refractivity contribution in [3.05, 3.63) is 66.0 Å². The molecule has 1 aliphatic heterocycles. The fourth-order valence-corrected chi connectivity index (χ4v) is 2.87. The predicted molar refractivity (Wildman–Crippen MR) is 96.6 cm³/mol. The highest BCUT2D eigenvalue weighted by molar-refractivity contribution is 6.02. The maximum atomic E-state index is 13.5. The van der Waals surface area contributed by atoms with E-state index in [0.717, 1.165) is 18.8 Å². The molecule has 1 aliphatic rings. The van der Waals surface area contributed by atoms with Crippen LogP contribution in [-0.4, -0.2) is 19.0 Å². The zero-order chi connectivity index (χ0) is 16.8. The van der Waals surface area contributed by atoms with Gasteiger partial charge in [0.05, 0.1) is 0 Å². The molecule has 1 fully saturated rings. The molecular weight excluding hydrogens is 303 g/mol. The standard InChI is InChI=1S/C20H21FN2O/c21-19-7-3-2-6-16(19)8-13-20(24)22-17-9-11-18(12-10-17)23-14-4-1-5-15-23/h2-3,6-13H,1,4-5,14-15H2,(H,22,24). The van der Waals surface area contributed by atoms with Gasteiger partial charge in [0.25, 0.3) is 0 Å². The summed E-state index contributed by atoms with van der Waals surface area (Å²) in [4.78, 5) is 14.3. The van der Waals surface area contributed by atoms with E-state index in [1.165, 1.54) is 43.2 Å². The average molecular weight is 324 g/mol. The normalized spacial score (nSPS) is 14.8. The number of halogens is 1. The number of carbonyl (C=O) groups excluding carboxylic acids is 1. The highest BCUT2D eigenvalue weighted by atomic mass is 19.1. The maximum Gasteiger partial charge on any atom is 0.248 e. The lowest BCUT2D eigenvalue weighted by Gasteiger charge is -2.28. The third kappa shape index (κ3) is 4.22. The monoisotopic (exact) mass is 324 g/mol. The van der Waals surface area contributed by atoms with Crippen LogP contribution in [0.4, 0.5) is 15.8 Å². The lowest BCUT2D eigenvalue weighted by atomic mass is 10.1. The molecular formula is C20H21FN2O. The molecule has 1 N–H and O–H groups in total. The Labute approximate surface area is 141 Å². The zero-order valence-corrected chi connectivity index (χ0v) is 13.5. The van der Waals surface area contributed by atoms with Crippen molar-refractivity contribution in [3.8, 4) is 0 Å². The van der Waals surface area contributed by atoms with Gasteiger partial charge in [-0.2, -0.15) is 0 Å². The Hall–Kier alpha value is -2.62. The second kappa shape index (κ2) is 7.77. The molecule has 1 saturated heterocycles. The SMILES string of the molecule is O=C(C=Cc1ccccc1F)Nc1ccc(N2CCCCC2)cc1. The van der Waals surface area contributed by atoms with Gasteiger partial charge in [-0.1, -0.05) is 18.2 Å². The van der Waals surface area contributed by atoms with E-state index < -0.39 is 0 Å². The topological polar surface area (TPSA) is 32.3 Å². The number of piperidine rings is 1. The van der Waals surface area contributed by atoms with Crippen molar-refractivity contribution in [1.82, 2.24) is 0 Å². The Balaban J connectivity index is 1.59. The third-order valence-corrected chi connectivity index (χ3v) is 4.18. The molecule has 3 rings (SSSR count). The highest BCUT2D eigenvalue weighted by Gasteiger charge is 2.10. The van der Waals surface area contributed by atoms with Crippen LogP contribution in [0.15, 0.2) is 54.6 Å². The van der Waals surface area contributed by atoms with Crippen LogP contribution in [0.25, 0.3) is 6.08 Å². The summed E-state index contributed by atoms with van der Waals surface area (Å²) in [7, 11) is 0. The van der Waals surface area contributed by atoms with Crippen molar-refractivity contribution < 1.29 is 9.18 Å². The van der Waals surface area contributed by atoms with E-state index in [4.69, 9.17) is 0 Å². The summed E-state index contributed by atoms with van der Waals surface area (Å²) in [6.45, 7) is 2.19. The van der Waals surface area contributed by atoms with E-state index in [9.17, 15) is 9.18 Å². The van der Waals surface area contributed by atoms with E-state index in [1.807, 2.05) is 24.3 Å². The maximum absolute atomic E-state index is 13.5. The number of nitrogens with one attached hydrogen (secondary N) is 1. The van der Waals surface area contributed by atoms with Gasteiger partial charge in [-0.25, -0.2) is 4.39 Å². The van der Waals surface area contributed by atoms with Crippen molar-refractivity contribution in [2.24, 2.45) is 0 Å². The Morgan fingerprint density at radius 2 is 1.71 bits per heavy atom. The van der Waals surface area contributed by atoms with Crippen molar-refractivity contribution in [2.45, 2.75) is 19.3 Å². The van der Waals surface area contributed by atoms with Crippen LogP contribution in [0, 0.1) is 5.82 Å². The Kier molecular flexibility index (Phi) is 5.26. The minimum absolute atomic E-state index is 0.274. The van der Waals surface area contributed by atoms with E-state index in [-0.39, 0.29) is 11.7 Å². The van der Waals surface area contributed by atoms with Crippen molar-refractivity contribution in [3.63, 3.8) is 0 Å². The van der Waals surface area contributed by atoms with Crippen molar-refractivity contribution in [1.29, 1.82) is 0 Å². The fraction of sp³-hybridized carbons (Fsp3) is 0.250. The van der Waals surface area contributed by atoms with Gasteiger partial charge in [-0.3, -0.25) is 4.79 Å². The summed E-state index contributed by atoms with van der Waals surface area (Å²) in [5, 5.41) is 2.80. The Morgan fingerprint density at radius 1 is 1.00 bits per heavy atom. The molecule has 2 aromatic carbocycles. The van der Waals surface area contributed by atoms with Crippen LogP contribution in [0.5, 0.6) is 0 Å². The number of nitrogens with zero attached hydrogens (tertiary/aromatic N) is 1. The number of carbonyl (C=O) groups is 1. The zero-order valence-electron chi connectivity index (χ0n) is 13.5. The summed E-state index contributed by atoms with van der Waals surface area (Å²) >= 11 is 0. The van der Waals surface area contributed by atoms with Crippen LogP contribution in [0.2, 0.25) is 0 Å². The van der Waals surface area contributed by atoms with Gasteiger partial charge in [-0.15, -0.1) is 0 Å². The molecule has 0 bridgehead atoms.